The first-order chi connectivity index (χ1) is 17.5. The molecular weight excluding hydrogens is 520 g/mol. The van der Waals surface area contributed by atoms with Crippen molar-refractivity contribution in [2.75, 3.05) is 17.2 Å². The van der Waals surface area contributed by atoms with Crippen molar-refractivity contribution in [3.63, 3.8) is 0 Å². The molecule has 3 rings (SSSR count). The molecule has 3 N–H and O–H groups in total. The number of carbonyl (C=O) groups excluding carboxylic acids is 3. The van der Waals surface area contributed by atoms with Crippen LogP contribution in [0.3, 0.4) is 0 Å². The summed E-state index contributed by atoms with van der Waals surface area (Å²) in [6.45, 7) is -0.298. The SMILES string of the molecule is O=C(COc1ccc(/C=N\NC(=O)C(=O)Nc2ccc(Cl)c(C(F)(F)F)c2)cc1)Nc1ccc(F)cc1. The van der Waals surface area contributed by atoms with Crippen molar-refractivity contribution in [2.45, 2.75) is 6.18 Å². The zero-order chi connectivity index (χ0) is 27.0. The monoisotopic (exact) mass is 536 g/mol. The van der Waals surface area contributed by atoms with Crippen LogP contribution in [0.15, 0.2) is 71.8 Å². The van der Waals surface area contributed by atoms with Crippen molar-refractivity contribution in [2.24, 2.45) is 5.10 Å². The molecule has 13 heteroatoms. The number of amides is 3. The number of hydrogen-bond acceptors (Lipinski definition) is 5. The molecule has 37 heavy (non-hydrogen) atoms. The number of nitrogens with one attached hydrogen (secondary N) is 3. The molecule has 0 spiro atoms. The maximum absolute atomic E-state index is 12.9. The van der Waals surface area contributed by atoms with Gasteiger partial charge in [0.15, 0.2) is 6.61 Å². The summed E-state index contributed by atoms with van der Waals surface area (Å²) in [6.07, 6.45) is -3.53. The van der Waals surface area contributed by atoms with Crippen LogP contribution in [0, 0.1) is 5.82 Å². The van der Waals surface area contributed by atoms with Gasteiger partial charge in [-0.3, -0.25) is 14.4 Å². The molecule has 0 bridgehead atoms. The Labute approximate surface area is 212 Å². The predicted octanol–water partition coefficient (Wildman–Crippen LogP) is 4.60. The Bertz CT molecular complexity index is 1310. The molecule has 0 unspecified atom stereocenters. The molecule has 0 aromatic heterocycles. The minimum Gasteiger partial charge on any atom is -0.484 e. The highest BCUT2D eigenvalue weighted by molar-refractivity contribution is 6.39. The Balaban J connectivity index is 1.46. The summed E-state index contributed by atoms with van der Waals surface area (Å²) in [7, 11) is 0. The summed E-state index contributed by atoms with van der Waals surface area (Å²) < 4.78 is 57.0. The number of ether oxygens (including phenoxy) is 1. The van der Waals surface area contributed by atoms with Crippen LogP contribution in [0.4, 0.5) is 28.9 Å². The van der Waals surface area contributed by atoms with Gasteiger partial charge in [0.25, 0.3) is 5.91 Å². The Morgan fingerprint density at radius 2 is 1.54 bits per heavy atom. The Morgan fingerprint density at radius 3 is 2.19 bits per heavy atom. The second kappa shape index (κ2) is 12.0. The lowest BCUT2D eigenvalue weighted by atomic mass is 10.2. The van der Waals surface area contributed by atoms with E-state index in [4.69, 9.17) is 16.3 Å². The number of nitrogens with zero attached hydrogens (tertiary/aromatic N) is 1. The maximum Gasteiger partial charge on any atom is 0.417 e. The molecule has 0 heterocycles. The number of halogens is 5. The van der Waals surface area contributed by atoms with Gasteiger partial charge in [-0.05, 0) is 72.3 Å². The van der Waals surface area contributed by atoms with E-state index < -0.39 is 40.3 Å². The second-order valence-corrected chi connectivity index (χ2v) is 7.67. The number of benzene rings is 3. The molecule has 0 fully saturated rings. The van der Waals surface area contributed by atoms with Crippen LogP contribution < -0.4 is 20.8 Å². The first-order valence-corrected chi connectivity index (χ1v) is 10.7. The molecule has 192 valence electrons. The van der Waals surface area contributed by atoms with Gasteiger partial charge in [-0.25, -0.2) is 9.82 Å². The molecule has 0 saturated heterocycles. The van der Waals surface area contributed by atoms with Crippen LogP contribution in [0.2, 0.25) is 5.02 Å². The van der Waals surface area contributed by atoms with Gasteiger partial charge < -0.3 is 15.4 Å². The third-order valence-electron chi connectivity index (χ3n) is 4.49. The number of hydrazone groups is 1. The van der Waals surface area contributed by atoms with Crippen LogP contribution in [0.1, 0.15) is 11.1 Å². The van der Waals surface area contributed by atoms with Crippen LogP contribution in [-0.4, -0.2) is 30.5 Å². The topological polar surface area (TPSA) is 109 Å². The number of hydrogen-bond donors (Lipinski definition) is 3. The van der Waals surface area contributed by atoms with E-state index in [0.29, 0.717) is 23.1 Å². The quantitative estimate of drug-likeness (QED) is 0.177. The molecular formula is C24H17ClF4N4O4. The average molecular weight is 537 g/mol. The Hall–Kier alpha value is -4.45. The minimum atomic E-state index is -4.73. The fourth-order valence-corrected chi connectivity index (χ4v) is 2.98. The fourth-order valence-electron chi connectivity index (χ4n) is 2.75. The molecule has 0 aliphatic rings. The van der Waals surface area contributed by atoms with Crippen molar-refractivity contribution in [3.8, 4) is 5.75 Å². The number of rotatable bonds is 7. The molecule has 3 amide bonds. The van der Waals surface area contributed by atoms with Gasteiger partial charge in [0.05, 0.1) is 16.8 Å². The van der Waals surface area contributed by atoms with Crippen LogP contribution in [-0.2, 0) is 20.6 Å². The highest BCUT2D eigenvalue weighted by atomic mass is 35.5. The molecule has 0 aliphatic carbocycles. The van der Waals surface area contributed by atoms with Gasteiger partial charge in [0.2, 0.25) is 0 Å². The van der Waals surface area contributed by atoms with Crippen molar-refractivity contribution in [1.29, 1.82) is 0 Å². The fraction of sp³-hybridized carbons (Fsp3) is 0.0833. The van der Waals surface area contributed by atoms with E-state index in [0.717, 1.165) is 12.1 Å². The number of anilines is 2. The largest absolute Gasteiger partial charge is 0.484 e. The van der Waals surface area contributed by atoms with Crippen LogP contribution in [0.5, 0.6) is 5.75 Å². The van der Waals surface area contributed by atoms with Gasteiger partial charge >= 0.3 is 18.0 Å². The zero-order valence-electron chi connectivity index (χ0n) is 18.6. The van der Waals surface area contributed by atoms with Crippen LogP contribution >= 0.6 is 11.6 Å². The highest BCUT2D eigenvalue weighted by Crippen LogP contribution is 2.36. The van der Waals surface area contributed by atoms with E-state index in [1.54, 1.807) is 12.1 Å². The smallest absolute Gasteiger partial charge is 0.417 e. The molecule has 0 saturated carbocycles. The van der Waals surface area contributed by atoms with E-state index in [1.165, 1.54) is 42.6 Å². The first-order valence-electron chi connectivity index (χ1n) is 10.3. The van der Waals surface area contributed by atoms with E-state index in [2.05, 4.69) is 10.4 Å². The molecule has 3 aromatic carbocycles. The molecule has 0 radical (unpaired) electrons. The van der Waals surface area contributed by atoms with Gasteiger partial charge in [-0.1, -0.05) is 11.6 Å². The summed E-state index contributed by atoms with van der Waals surface area (Å²) in [4.78, 5) is 35.7. The van der Waals surface area contributed by atoms with Crippen molar-refractivity contribution in [1.82, 2.24) is 5.43 Å². The molecule has 0 aliphatic heterocycles. The molecule has 8 nitrogen and oxygen atoms in total. The summed E-state index contributed by atoms with van der Waals surface area (Å²) >= 11 is 5.51. The Morgan fingerprint density at radius 1 is 0.892 bits per heavy atom. The van der Waals surface area contributed by atoms with E-state index >= 15 is 0 Å². The third-order valence-corrected chi connectivity index (χ3v) is 4.82. The zero-order valence-corrected chi connectivity index (χ0v) is 19.4. The number of alkyl halides is 3. The van der Waals surface area contributed by atoms with E-state index in [9.17, 15) is 31.9 Å². The normalized spacial score (nSPS) is 11.2. The maximum atomic E-state index is 12.9. The van der Waals surface area contributed by atoms with Gasteiger partial charge in [-0.15, -0.1) is 0 Å². The molecule has 3 aromatic rings. The van der Waals surface area contributed by atoms with Crippen molar-refractivity contribution in [3.05, 3.63) is 88.7 Å². The number of carbonyl (C=O) groups is 3. The van der Waals surface area contributed by atoms with Crippen molar-refractivity contribution < 1.29 is 36.7 Å². The summed E-state index contributed by atoms with van der Waals surface area (Å²) in [5, 5.41) is 7.64. The lowest BCUT2D eigenvalue weighted by Gasteiger charge is -2.11. The van der Waals surface area contributed by atoms with Crippen LogP contribution in [0.25, 0.3) is 0 Å². The van der Waals surface area contributed by atoms with Crippen molar-refractivity contribution >= 4 is 46.9 Å². The highest BCUT2D eigenvalue weighted by Gasteiger charge is 2.33. The summed E-state index contributed by atoms with van der Waals surface area (Å²) in [5.74, 6) is -2.98. The van der Waals surface area contributed by atoms with E-state index in [-0.39, 0.29) is 12.3 Å². The Kier molecular flexibility index (Phi) is 8.80. The lowest BCUT2D eigenvalue weighted by Crippen LogP contribution is -2.32. The summed E-state index contributed by atoms with van der Waals surface area (Å²) in [6, 6.07) is 14.0. The summed E-state index contributed by atoms with van der Waals surface area (Å²) in [5.41, 5.74) is 1.43. The minimum absolute atomic E-state index is 0.275. The third kappa shape index (κ3) is 8.32. The second-order valence-electron chi connectivity index (χ2n) is 7.26. The van der Waals surface area contributed by atoms with Gasteiger partial charge in [0.1, 0.15) is 11.6 Å². The standard InChI is InChI=1S/C24H17ClF4N4O4/c25-20-10-7-17(11-19(20)24(27,28)29)32-22(35)23(36)33-30-12-14-1-8-18(9-2-14)37-13-21(34)31-16-5-3-15(26)4-6-16/h1-12H,13H2,(H,31,34)(H,32,35)(H,33,36)/b30-12-. The average Bonchev–Trinajstić information content (AvgIpc) is 2.85. The predicted molar refractivity (Wildman–Crippen MR) is 128 cm³/mol. The van der Waals surface area contributed by atoms with Gasteiger partial charge in [-0.2, -0.15) is 18.3 Å². The molecule has 0 atom stereocenters. The van der Waals surface area contributed by atoms with Gasteiger partial charge in [0, 0.05) is 11.4 Å². The van der Waals surface area contributed by atoms with E-state index in [1.807, 2.05) is 10.7 Å². The first kappa shape index (κ1) is 27.1. The lowest BCUT2D eigenvalue weighted by molar-refractivity contribution is -0.137.